The SMILES string of the molecule is CN(C)c1ccc(C=Cc2cccc[n+]2C=CSSCC[n+]2ccccc2C=Cc2ccc(N(C)C)cc2)cc1. The number of hydrogen-bond donors (Lipinski definition) is 0. The highest BCUT2D eigenvalue weighted by molar-refractivity contribution is 8.77. The molecule has 0 fully saturated rings. The van der Waals surface area contributed by atoms with Crippen LogP contribution in [-0.4, -0.2) is 33.9 Å². The lowest BCUT2D eigenvalue weighted by atomic mass is 10.1. The third kappa shape index (κ3) is 8.90. The number of nitrogens with zero attached hydrogens (tertiary/aromatic N) is 4. The molecule has 0 N–H and O–H groups in total. The van der Waals surface area contributed by atoms with E-state index in [1.54, 1.807) is 10.8 Å². The third-order valence-corrected chi connectivity index (χ3v) is 8.33. The van der Waals surface area contributed by atoms with Gasteiger partial charge in [-0.2, -0.15) is 9.13 Å². The smallest absolute Gasteiger partial charge is 0.210 e. The van der Waals surface area contributed by atoms with Gasteiger partial charge in [-0.05, 0) is 59.7 Å². The second-order valence-electron chi connectivity index (χ2n) is 9.69. The Hall–Kier alpha value is -3.74. The molecule has 2 aromatic heterocycles. The molecular weight excluding hydrogens is 529 g/mol. The van der Waals surface area contributed by atoms with E-state index >= 15 is 0 Å². The van der Waals surface area contributed by atoms with Gasteiger partial charge in [0.25, 0.3) is 0 Å². The minimum absolute atomic E-state index is 0.949. The zero-order valence-corrected chi connectivity index (χ0v) is 25.4. The van der Waals surface area contributed by atoms with E-state index in [2.05, 4.69) is 180 Å². The Morgan fingerprint density at radius 1 is 0.625 bits per heavy atom. The minimum Gasteiger partial charge on any atom is -0.378 e. The van der Waals surface area contributed by atoms with Gasteiger partial charge in [-0.25, -0.2) is 0 Å². The van der Waals surface area contributed by atoms with Crippen LogP contribution in [0.25, 0.3) is 30.5 Å². The fraction of sp³-hybridized carbons (Fsp3) is 0.176. The van der Waals surface area contributed by atoms with E-state index in [1.165, 1.54) is 28.2 Å². The Morgan fingerprint density at radius 3 is 1.77 bits per heavy atom. The van der Waals surface area contributed by atoms with Gasteiger partial charge in [0, 0.05) is 81.4 Å². The Kier molecular flexibility index (Phi) is 11.1. The molecule has 0 bridgehead atoms. The second kappa shape index (κ2) is 15.2. The first-order valence-corrected chi connectivity index (χ1v) is 15.7. The van der Waals surface area contributed by atoms with Gasteiger partial charge in [-0.3, -0.25) is 0 Å². The molecular formula is C34H38N4S2+2. The Bertz CT molecular complexity index is 1440. The van der Waals surface area contributed by atoms with Crippen molar-refractivity contribution in [1.29, 1.82) is 0 Å². The largest absolute Gasteiger partial charge is 0.378 e. The lowest BCUT2D eigenvalue weighted by Gasteiger charge is -2.11. The molecule has 0 aliphatic heterocycles. The first kappa shape index (κ1) is 29.2. The number of anilines is 2. The van der Waals surface area contributed by atoms with Gasteiger partial charge in [-0.15, -0.1) is 0 Å². The highest BCUT2D eigenvalue weighted by atomic mass is 33.1. The summed E-state index contributed by atoms with van der Waals surface area (Å²) in [6, 6.07) is 29.8. The molecule has 0 radical (unpaired) electrons. The number of benzene rings is 2. The molecule has 4 aromatic rings. The zero-order valence-electron chi connectivity index (χ0n) is 23.7. The van der Waals surface area contributed by atoms with Crippen molar-refractivity contribution in [3.05, 3.63) is 125 Å². The van der Waals surface area contributed by atoms with E-state index in [0.717, 1.165) is 18.0 Å². The highest BCUT2D eigenvalue weighted by Gasteiger charge is 2.07. The Labute approximate surface area is 247 Å². The number of aryl methyl sites for hydroxylation is 1. The molecule has 4 rings (SSSR count). The van der Waals surface area contributed by atoms with Crippen molar-refractivity contribution in [3.63, 3.8) is 0 Å². The van der Waals surface area contributed by atoms with Crippen LogP contribution in [0.5, 0.6) is 0 Å². The molecule has 0 aliphatic rings. The maximum atomic E-state index is 2.31. The number of hydrogen-bond acceptors (Lipinski definition) is 4. The lowest BCUT2D eigenvalue weighted by molar-refractivity contribution is -0.694. The van der Waals surface area contributed by atoms with Gasteiger partial charge in [0.1, 0.15) is 0 Å². The van der Waals surface area contributed by atoms with Crippen LogP contribution in [0.1, 0.15) is 22.5 Å². The van der Waals surface area contributed by atoms with Crippen LogP contribution < -0.4 is 18.9 Å². The minimum atomic E-state index is 0.949. The number of pyridine rings is 2. The molecule has 6 heteroatoms. The first-order valence-electron chi connectivity index (χ1n) is 13.3. The molecule has 0 amide bonds. The quantitative estimate of drug-likeness (QED) is 0.102. The summed E-state index contributed by atoms with van der Waals surface area (Å²) in [5.74, 6) is 1.01. The molecule has 0 saturated heterocycles. The lowest BCUT2D eigenvalue weighted by Crippen LogP contribution is -2.37. The predicted molar refractivity (Wildman–Crippen MR) is 178 cm³/mol. The van der Waals surface area contributed by atoms with Crippen LogP contribution in [0.4, 0.5) is 11.4 Å². The van der Waals surface area contributed by atoms with Gasteiger partial charge in [0.2, 0.25) is 11.4 Å². The van der Waals surface area contributed by atoms with Crippen LogP contribution >= 0.6 is 21.6 Å². The van der Waals surface area contributed by atoms with Gasteiger partial charge >= 0.3 is 0 Å². The van der Waals surface area contributed by atoms with E-state index in [-0.39, 0.29) is 0 Å². The number of aromatic nitrogens is 2. The van der Waals surface area contributed by atoms with E-state index in [1.807, 2.05) is 10.8 Å². The van der Waals surface area contributed by atoms with Gasteiger partial charge in [0.05, 0.1) is 5.75 Å². The number of rotatable bonds is 12. The predicted octanol–water partition coefficient (Wildman–Crippen LogP) is 7.24. The Morgan fingerprint density at radius 2 is 1.18 bits per heavy atom. The van der Waals surface area contributed by atoms with Crippen molar-refractivity contribution in [3.8, 4) is 0 Å². The summed E-state index contributed by atoms with van der Waals surface area (Å²) in [5.41, 5.74) is 7.13. The summed E-state index contributed by atoms with van der Waals surface area (Å²) >= 11 is 0. The van der Waals surface area contributed by atoms with E-state index in [9.17, 15) is 0 Å². The van der Waals surface area contributed by atoms with Crippen LogP contribution in [0, 0.1) is 0 Å². The van der Waals surface area contributed by atoms with Crippen molar-refractivity contribution in [1.82, 2.24) is 0 Å². The van der Waals surface area contributed by atoms with Crippen molar-refractivity contribution >= 4 is 63.5 Å². The highest BCUT2D eigenvalue weighted by Crippen LogP contribution is 2.22. The zero-order chi connectivity index (χ0) is 28.2. The Balaban J connectivity index is 1.28. The topological polar surface area (TPSA) is 14.2 Å². The average molecular weight is 567 g/mol. The summed E-state index contributed by atoms with van der Waals surface area (Å²) in [4.78, 5) is 4.23. The van der Waals surface area contributed by atoms with E-state index in [0.29, 0.717) is 0 Å². The monoisotopic (exact) mass is 566 g/mol. The van der Waals surface area contributed by atoms with E-state index in [4.69, 9.17) is 0 Å². The third-order valence-electron chi connectivity index (χ3n) is 6.37. The van der Waals surface area contributed by atoms with Crippen LogP contribution in [0.3, 0.4) is 0 Å². The molecule has 0 spiro atoms. The molecule has 0 unspecified atom stereocenters. The van der Waals surface area contributed by atoms with Gasteiger partial charge < -0.3 is 9.80 Å². The van der Waals surface area contributed by atoms with Crippen molar-refractivity contribution < 1.29 is 9.13 Å². The second-order valence-corrected chi connectivity index (χ2v) is 12.1. The van der Waals surface area contributed by atoms with Crippen LogP contribution in [0.15, 0.2) is 103 Å². The molecule has 2 heterocycles. The van der Waals surface area contributed by atoms with Crippen molar-refractivity contribution in [2.45, 2.75) is 6.54 Å². The van der Waals surface area contributed by atoms with Crippen molar-refractivity contribution in [2.24, 2.45) is 0 Å². The summed E-state index contributed by atoms with van der Waals surface area (Å²) < 4.78 is 4.46. The fourth-order valence-electron chi connectivity index (χ4n) is 4.03. The average Bonchev–Trinajstić information content (AvgIpc) is 2.98. The standard InChI is InChI=1S/C34H38N4S2/c1-35(2)31-17-11-29(12-18-31)15-21-33-9-5-7-23-37(33)25-27-39-40-28-26-38-24-8-6-10-34(38)22-16-30-13-19-32(20-14-30)36(3)4/h5-25,27H,26,28H2,1-4H3/q+2. The van der Waals surface area contributed by atoms with Gasteiger partial charge in [0.15, 0.2) is 25.1 Å². The van der Waals surface area contributed by atoms with Crippen molar-refractivity contribution in [2.75, 3.05) is 43.7 Å². The van der Waals surface area contributed by atoms with Gasteiger partial charge in [-0.1, -0.05) is 45.9 Å². The maximum absolute atomic E-state index is 2.31. The summed E-state index contributed by atoms with van der Waals surface area (Å²) in [6.07, 6.45) is 15.1. The van der Waals surface area contributed by atoms with E-state index < -0.39 is 0 Å². The normalized spacial score (nSPS) is 11.6. The molecule has 0 atom stereocenters. The molecule has 4 nitrogen and oxygen atoms in total. The summed E-state index contributed by atoms with van der Waals surface area (Å²) in [5, 5.41) is 2.15. The van der Waals surface area contributed by atoms with Crippen LogP contribution in [0.2, 0.25) is 0 Å². The maximum Gasteiger partial charge on any atom is 0.210 e. The molecule has 204 valence electrons. The molecule has 0 saturated carbocycles. The molecule has 2 aromatic carbocycles. The van der Waals surface area contributed by atoms with Crippen LogP contribution in [-0.2, 0) is 6.54 Å². The summed E-state index contributed by atoms with van der Waals surface area (Å²) in [6.45, 7) is 0.949. The summed E-state index contributed by atoms with van der Waals surface area (Å²) in [7, 11) is 11.9. The first-order chi connectivity index (χ1) is 19.5. The molecule has 40 heavy (non-hydrogen) atoms. The molecule has 0 aliphatic carbocycles. The fourth-order valence-corrected chi connectivity index (χ4v) is 5.56.